The lowest BCUT2D eigenvalue weighted by Crippen LogP contribution is -2.41. The van der Waals surface area contributed by atoms with Gasteiger partial charge in [-0.25, -0.2) is 0 Å². The Morgan fingerprint density at radius 2 is 2.10 bits per heavy atom. The number of amides is 1. The number of nitrogens with zero attached hydrogens (tertiary/aromatic N) is 2. The number of hydrogen-bond donors (Lipinski definition) is 1. The molecule has 1 fully saturated rings. The number of carbonyl (C=O) groups is 1. The van der Waals surface area contributed by atoms with Crippen molar-refractivity contribution in [1.82, 2.24) is 9.88 Å². The average molecular weight is 275 g/mol. The molecule has 0 radical (unpaired) electrons. The van der Waals surface area contributed by atoms with Gasteiger partial charge in [-0.15, -0.1) is 0 Å². The fourth-order valence-electron chi connectivity index (χ4n) is 2.47. The topological polar surface area (TPSA) is 45.2 Å². The lowest BCUT2D eigenvalue weighted by molar-refractivity contribution is 0.0631. The first-order valence-electron chi connectivity index (χ1n) is 7.51. The van der Waals surface area contributed by atoms with E-state index in [0.29, 0.717) is 5.41 Å². The molecule has 0 aliphatic carbocycles. The molecule has 2 heterocycles. The van der Waals surface area contributed by atoms with Gasteiger partial charge in [-0.1, -0.05) is 20.8 Å². The molecule has 2 rings (SSSR count). The normalized spacial score (nSPS) is 17.9. The standard InChI is InChI=1S/C16H25N3O/c1-4-8-18-14-12-17-9-5-13(14)15(20)19-10-6-16(2,3)7-11-19/h5,9,12,18H,4,6-8,10-11H2,1-3H3. The minimum atomic E-state index is 0.126. The van der Waals surface area contributed by atoms with Gasteiger partial charge in [0.1, 0.15) is 0 Å². The van der Waals surface area contributed by atoms with Crippen molar-refractivity contribution in [1.29, 1.82) is 0 Å². The summed E-state index contributed by atoms with van der Waals surface area (Å²) in [6.07, 6.45) is 6.61. The highest BCUT2D eigenvalue weighted by atomic mass is 16.2. The summed E-state index contributed by atoms with van der Waals surface area (Å²) in [5, 5.41) is 3.29. The Morgan fingerprint density at radius 3 is 2.75 bits per heavy atom. The van der Waals surface area contributed by atoms with Crippen LogP contribution >= 0.6 is 0 Å². The number of rotatable bonds is 4. The molecule has 1 saturated heterocycles. The zero-order valence-corrected chi connectivity index (χ0v) is 12.8. The van der Waals surface area contributed by atoms with Gasteiger partial charge in [-0.3, -0.25) is 9.78 Å². The maximum Gasteiger partial charge on any atom is 0.256 e. The first kappa shape index (κ1) is 14.8. The molecule has 0 unspecified atom stereocenters. The van der Waals surface area contributed by atoms with Crippen LogP contribution in [-0.4, -0.2) is 35.4 Å². The molecule has 1 amide bonds. The summed E-state index contributed by atoms with van der Waals surface area (Å²) in [6.45, 7) is 9.21. The zero-order chi connectivity index (χ0) is 14.6. The number of aromatic nitrogens is 1. The van der Waals surface area contributed by atoms with Crippen LogP contribution in [0.15, 0.2) is 18.5 Å². The van der Waals surface area contributed by atoms with Crippen molar-refractivity contribution in [2.75, 3.05) is 25.0 Å². The minimum absolute atomic E-state index is 0.126. The van der Waals surface area contributed by atoms with Gasteiger partial charge in [-0.2, -0.15) is 0 Å². The van der Waals surface area contributed by atoms with Gasteiger partial charge >= 0.3 is 0 Å². The summed E-state index contributed by atoms with van der Waals surface area (Å²) in [5.74, 6) is 0.126. The molecule has 4 heteroatoms. The predicted octanol–water partition coefficient (Wildman–Crippen LogP) is 3.17. The van der Waals surface area contributed by atoms with E-state index in [1.54, 1.807) is 12.4 Å². The molecule has 1 aliphatic rings. The van der Waals surface area contributed by atoms with Crippen molar-refractivity contribution in [2.24, 2.45) is 5.41 Å². The molecular weight excluding hydrogens is 250 g/mol. The first-order chi connectivity index (χ1) is 9.53. The Bertz CT molecular complexity index is 461. The van der Waals surface area contributed by atoms with E-state index in [1.807, 2.05) is 11.0 Å². The minimum Gasteiger partial charge on any atom is -0.383 e. The van der Waals surface area contributed by atoms with Gasteiger partial charge < -0.3 is 10.2 Å². The average Bonchev–Trinajstić information content (AvgIpc) is 2.45. The molecule has 1 aromatic rings. The van der Waals surface area contributed by atoms with Gasteiger partial charge in [0, 0.05) is 25.8 Å². The van der Waals surface area contributed by atoms with Crippen LogP contribution in [0.1, 0.15) is 50.4 Å². The van der Waals surface area contributed by atoms with Crippen molar-refractivity contribution in [3.05, 3.63) is 24.0 Å². The van der Waals surface area contributed by atoms with E-state index in [1.165, 1.54) is 0 Å². The van der Waals surface area contributed by atoms with Crippen LogP contribution in [-0.2, 0) is 0 Å². The van der Waals surface area contributed by atoms with Crippen LogP contribution in [0.4, 0.5) is 5.69 Å². The lowest BCUT2D eigenvalue weighted by Gasteiger charge is -2.37. The van der Waals surface area contributed by atoms with Gasteiger partial charge in [-0.05, 0) is 30.7 Å². The Balaban J connectivity index is 2.09. The first-order valence-corrected chi connectivity index (χ1v) is 7.51. The Morgan fingerprint density at radius 1 is 1.40 bits per heavy atom. The van der Waals surface area contributed by atoms with E-state index < -0.39 is 0 Å². The Hall–Kier alpha value is -1.58. The number of nitrogens with one attached hydrogen (secondary N) is 1. The molecule has 0 saturated carbocycles. The molecule has 20 heavy (non-hydrogen) atoms. The maximum atomic E-state index is 12.7. The smallest absolute Gasteiger partial charge is 0.256 e. The fourth-order valence-corrected chi connectivity index (χ4v) is 2.47. The molecule has 1 aliphatic heterocycles. The zero-order valence-electron chi connectivity index (χ0n) is 12.8. The van der Waals surface area contributed by atoms with E-state index in [0.717, 1.165) is 50.1 Å². The highest BCUT2D eigenvalue weighted by Gasteiger charge is 2.29. The summed E-state index contributed by atoms with van der Waals surface area (Å²) < 4.78 is 0. The van der Waals surface area contributed by atoms with Crippen molar-refractivity contribution in [3.8, 4) is 0 Å². The summed E-state index contributed by atoms with van der Waals surface area (Å²) >= 11 is 0. The van der Waals surface area contributed by atoms with Gasteiger partial charge in [0.2, 0.25) is 0 Å². The van der Waals surface area contributed by atoms with E-state index >= 15 is 0 Å². The van der Waals surface area contributed by atoms with E-state index in [-0.39, 0.29) is 5.91 Å². The van der Waals surface area contributed by atoms with Crippen molar-refractivity contribution in [2.45, 2.75) is 40.0 Å². The van der Waals surface area contributed by atoms with Crippen LogP contribution in [0.2, 0.25) is 0 Å². The number of likely N-dealkylation sites (tertiary alicyclic amines) is 1. The third-order valence-corrected chi connectivity index (χ3v) is 4.02. The number of pyridine rings is 1. The monoisotopic (exact) mass is 275 g/mol. The SMILES string of the molecule is CCCNc1cnccc1C(=O)N1CCC(C)(C)CC1. The van der Waals surface area contributed by atoms with Crippen molar-refractivity contribution < 1.29 is 4.79 Å². The highest BCUT2D eigenvalue weighted by molar-refractivity contribution is 5.99. The number of piperidine rings is 1. The van der Waals surface area contributed by atoms with Crippen LogP contribution in [0.5, 0.6) is 0 Å². The van der Waals surface area contributed by atoms with Crippen LogP contribution < -0.4 is 5.32 Å². The highest BCUT2D eigenvalue weighted by Crippen LogP contribution is 2.30. The second-order valence-electron chi connectivity index (χ2n) is 6.30. The predicted molar refractivity (Wildman–Crippen MR) is 81.9 cm³/mol. The number of carbonyl (C=O) groups excluding carboxylic acids is 1. The Kier molecular flexibility index (Phi) is 4.63. The maximum absolute atomic E-state index is 12.7. The second kappa shape index (κ2) is 6.25. The van der Waals surface area contributed by atoms with Crippen LogP contribution in [0, 0.1) is 5.41 Å². The third-order valence-electron chi connectivity index (χ3n) is 4.02. The fraction of sp³-hybridized carbons (Fsp3) is 0.625. The molecular formula is C16H25N3O. The number of anilines is 1. The largest absolute Gasteiger partial charge is 0.383 e. The van der Waals surface area contributed by atoms with Crippen LogP contribution in [0.25, 0.3) is 0 Å². The van der Waals surface area contributed by atoms with E-state index in [9.17, 15) is 4.79 Å². The van der Waals surface area contributed by atoms with Gasteiger partial charge in [0.15, 0.2) is 0 Å². The number of hydrogen-bond acceptors (Lipinski definition) is 3. The molecule has 110 valence electrons. The lowest BCUT2D eigenvalue weighted by atomic mass is 9.82. The van der Waals surface area contributed by atoms with Gasteiger partial charge in [0.05, 0.1) is 17.4 Å². The molecule has 0 aromatic carbocycles. The summed E-state index contributed by atoms with van der Waals surface area (Å²) in [5.41, 5.74) is 1.95. The summed E-state index contributed by atoms with van der Waals surface area (Å²) in [7, 11) is 0. The molecule has 1 aromatic heterocycles. The molecule has 1 N–H and O–H groups in total. The third kappa shape index (κ3) is 3.50. The van der Waals surface area contributed by atoms with Crippen molar-refractivity contribution in [3.63, 3.8) is 0 Å². The van der Waals surface area contributed by atoms with E-state index in [2.05, 4.69) is 31.1 Å². The molecule has 4 nitrogen and oxygen atoms in total. The van der Waals surface area contributed by atoms with Crippen LogP contribution in [0.3, 0.4) is 0 Å². The second-order valence-corrected chi connectivity index (χ2v) is 6.30. The summed E-state index contributed by atoms with van der Waals surface area (Å²) in [6, 6.07) is 1.82. The van der Waals surface area contributed by atoms with E-state index in [4.69, 9.17) is 0 Å². The quantitative estimate of drug-likeness (QED) is 0.918. The van der Waals surface area contributed by atoms with Crippen molar-refractivity contribution >= 4 is 11.6 Å². The Labute approximate surface area is 121 Å². The molecule has 0 atom stereocenters. The molecule has 0 bridgehead atoms. The van der Waals surface area contributed by atoms with Gasteiger partial charge in [0.25, 0.3) is 5.91 Å². The summed E-state index contributed by atoms with van der Waals surface area (Å²) in [4.78, 5) is 18.7. The molecule has 0 spiro atoms.